The first-order valence-corrected chi connectivity index (χ1v) is 6.39. The highest BCUT2D eigenvalue weighted by Crippen LogP contribution is 2.05. The summed E-state index contributed by atoms with van der Waals surface area (Å²) in [6, 6.07) is 12.1. The zero-order valence-corrected chi connectivity index (χ0v) is 11.6. The molecule has 0 aliphatic carbocycles. The average Bonchev–Trinajstić information content (AvgIpc) is 2.52. The standard InChI is InChI=1S/C15H16N4O2/c1-10-3-2-4-13(18-10)9-17-15(20)12-7-5-11(6-8-12)14(16)19-21/h2-8,21H,9H2,1H3,(H2,16,19)(H,17,20). The number of amides is 1. The molecule has 0 radical (unpaired) electrons. The summed E-state index contributed by atoms with van der Waals surface area (Å²) < 4.78 is 0. The summed E-state index contributed by atoms with van der Waals surface area (Å²) in [5.41, 5.74) is 8.22. The predicted molar refractivity (Wildman–Crippen MR) is 79.1 cm³/mol. The molecule has 0 fully saturated rings. The summed E-state index contributed by atoms with van der Waals surface area (Å²) in [7, 11) is 0. The van der Waals surface area contributed by atoms with Crippen LogP contribution in [0.4, 0.5) is 0 Å². The number of nitrogens with two attached hydrogens (primary N) is 1. The molecule has 2 rings (SSSR count). The SMILES string of the molecule is Cc1cccc(CNC(=O)c2ccc(C(N)=NO)cc2)n1. The summed E-state index contributed by atoms with van der Waals surface area (Å²) in [6.45, 7) is 2.26. The number of hydrogen-bond donors (Lipinski definition) is 3. The van der Waals surface area contributed by atoms with E-state index in [9.17, 15) is 4.79 Å². The molecule has 21 heavy (non-hydrogen) atoms. The van der Waals surface area contributed by atoms with Crippen LogP contribution in [0.1, 0.15) is 27.3 Å². The molecule has 4 N–H and O–H groups in total. The molecular weight excluding hydrogens is 268 g/mol. The molecule has 0 aliphatic rings. The van der Waals surface area contributed by atoms with Gasteiger partial charge < -0.3 is 16.3 Å². The van der Waals surface area contributed by atoms with Crippen molar-refractivity contribution in [2.75, 3.05) is 0 Å². The second-order valence-electron chi connectivity index (χ2n) is 4.52. The predicted octanol–water partition coefficient (Wildman–Crippen LogP) is 1.41. The number of oxime groups is 1. The normalized spacial score (nSPS) is 11.2. The monoisotopic (exact) mass is 284 g/mol. The number of carbonyl (C=O) groups is 1. The molecule has 1 aromatic heterocycles. The topological polar surface area (TPSA) is 101 Å². The minimum atomic E-state index is -0.204. The van der Waals surface area contributed by atoms with Crippen LogP contribution in [0.5, 0.6) is 0 Å². The molecule has 1 heterocycles. The quantitative estimate of drug-likeness (QED) is 0.342. The fourth-order valence-corrected chi connectivity index (χ4v) is 1.82. The van der Waals surface area contributed by atoms with Crippen LogP contribution in [-0.4, -0.2) is 21.9 Å². The maximum atomic E-state index is 12.0. The number of pyridine rings is 1. The Morgan fingerprint density at radius 1 is 1.24 bits per heavy atom. The summed E-state index contributed by atoms with van der Waals surface area (Å²) in [4.78, 5) is 16.3. The van der Waals surface area contributed by atoms with Gasteiger partial charge in [-0.15, -0.1) is 0 Å². The van der Waals surface area contributed by atoms with Gasteiger partial charge in [-0.25, -0.2) is 0 Å². The average molecular weight is 284 g/mol. The van der Waals surface area contributed by atoms with Crippen molar-refractivity contribution in [3.63, 3.8) is 0 Å². The molecule has 6 heteroatoms. The van der Waals surface area contributed by atoms with Gasteiger partial charge in [0.05, 0.1) is 12.2 Å². The first kappa shape index (κ1) is 14.5. The highest BCUT2D eigenvalue weighted by molar-refractivity contribution is 5.99. The van der Waals surface area contributed by atoms with E-state index in [1.165, 1.54) is 0 Å². The Labute approximate surface area is 122 Å². The lowest BCUT2D eigenvalue weighted by atomic mass is 10.1. The summed E-state index contributed by atoms with van der Waals surface area (Å²) >= 11 is 0. The molecule has 1 amide bonds. The Morgan fingerprint density at radius 3 is 2.52 bits per heavy atom. The van der Waals surface area contributed by atoms with Crippen molar-refractivity contribution in [3.8, 4) is 0 Å². The molecule has 108 valence electrons. The van der Waals surface area contributed by atoms with E-state index in [4.69, 9.17) is 10.9 Å². The first-order valence-electron chi connectivity index (χ1n) is 6.39. The number of benzene rings is 1. The minimum absolute atomic E-state index is 0.00548. The van der Waals surface area contributed by atoms with E-state index in [2.05, 4.69) is 15.5 Å². The van der Waals surface area contributed by atoms with Crippen LogP contribution >= 0.6 is 0 Å². The lowest BCUT2D eigenvalue weighted by molar-refractivity contribution is 0.0950. The maximum absolute atomic E-state index is 12.0. The van der Waals surface area contributed by atoms with E-state index in [0.29, 0.717) is 17.7 Å². The molecule has 0 bridgehead atoms. The smallest absolute Gasteiger partial charge is 0.251 e. The van der Waals surface area contributed by atoms with Crippen molar-refractivity contribution >= 4 is 11.7 Å². The Bertz CT molecular complexity index is 666. The van der Waals surface area contributed by atoms with Crippen molar-refractivity contribution in [2.45, 2.75) is 13.5 Å². The third kappa shape index (κ3) is 3.79. The van der Waals surface area contributed by atoms with Crippen molar-refractivity contribution in [1.82, 2.24) is 10.3 Å². The number of nitrogens with zero attached hydrogens (tertiary/aromatic N) is 2. The number of carbonyl (C=O) groups excluding carboxylic acids is 1. The number of rotatable bonds is 4. The second-order valence-corrected chi connectivity index (χ2v) is 4.52. The Balaban J connectivity index is 2.00. The lowest BCUT2D eigenvalue weighted by Gasteiger charge is -2.06. The van der Waals surface area contributed by atoms with Gasteiger partial charge in [0.15, 0.2) is 5.84 Å². The third-order valence-corrected chi connectivity index (χ3v) is 2.93. The number of nitrogens with one attached hydrogen (secondary N) is 1. The fraction of sp³-hybridized carbons (Fsp3) is 0.133. The van der Waals surface area contributed by atoms with Gasteiger partial charge in [0.1, 0.15) is 0 Å². The van der Waals surface area contributed by atoms with Crippen molar-refractivity contribution in [2.24, 2.45) is 10.9 Å². The van der Waals surface area contributed by atoms with Crippen LogP contribution in [0.15, 0.2) is 47.6 Å². The van der Waals surface area contributed by atoms with E-state index in [-0.39, 0.29) is 11.7 Å². The van der Waals surface area contributed by atoms with Gasteiger partial charge in [-0.3, -0.25) is 9.78 Å². The molecule has 0 saturated heterocycles. The Kier molecular flexibility index (Phi) is 4.50. The van der Waals surface area contributed by atoms with Crippen LogP contribution in [0.3, 0.4) is 0 Å². The third-order valence-electron chi connectivity index (χ3n) is 2.93. The minimum Gasteiger partial charge on any atom is -0.409 e. The van der Waals surface area contributed by atoms with Crippen LogP contribution < -0.4 is 11.1 Å². The summed E-state index contributed by atoms with van der Waals surface area (Å²) in [6.07, 6.45) is 0. The number of hydrogen-bond acceptors (Lipinski definition) is 4. The van der Waals surface area contributed by atoms with Crippen LogP contribution in [0.2, 0.25) is 0 Å². The zero-order chi connectivity index (χ0) is 15.2. The van der Waals surface area contributed by atoms with E-state index >= 15 is 0 Å². The summed E-state index contributed by atoms with van der Waals surface area (Å²) in [5.74, 6) is -0.199. The van der Waals surface area contributed by atoms with Gasteiger partial charge in [-0.05, 0) is 31.2 Å². The van der Waals surface area contributed by atoms with Gasteiger partial charge in [-0.1, -0.05) is 23.4 Å². The highest BCUT2D eigenvalue weighted by atomic mass is 16.4. The van der Waals surface area contributed by atoms with E-state index < -0.39 is 0 Å². The molecule has 2 aromatic rings. The van der Waals surface area contributed by atoms with Crippen LogP contribution in [-0.2, 0) is 6.54 Å². The van der Waals surface area contributed by atoms with Crippen molar-refractivity contribution < 1.29 is 10.0 Å². The number of aryl methyl sites for hydroxylation is 1. The molecule has 1 aromatic carbocycles. The number of amidine groups is 1. The molecule has 0 atom stereocenters. The second kappa shape index (κ2) is 6.51. The molecular formula is C15H16N4O2. The molecule has 0 aliphatic heterocycles. The zero-order valence-electron chi connectivity index (χ0n) is 11.6. The maximum Gasteiger partial charge on any atom is 0.251 e. The largest absolute Gasteiger partial charge is 0.409 e. The fourth-order valence-electron chi connectivity index (χ4n) is 1.82. The van der Waals surface area contributed by atoms with Gasteiger partial charge in [0.25, 0.3) is 5.91 Å². The van der Waals surface area contributed by atoms with Crippen LogP contribution in [0.25, 0.3) is 0 Å². The highest BCUT2D eigenvalue weighted by Gasteiger charge is 2.07. The van der Waals surface area contributed by atoms with E-state index in [1.54, 1.807) is 24.3 Å². The number of aromatic nitrogens is 1. The van der Waals surface area contributed by atoms with E-state index in [1.807, 2.05) is 25.1 Å². The Hall–Kier alpha value is -2.89. The van der Waals surface area contributed by atoms with Crippen molar-refractivity contribution in [1.29, 1.82) is 0 Å². The lowest BCUT2D eigenvalue weighted by Crippen LogP contribution is -2.23. The Morgan fingerprint density at radius 2 is 1.90 bits per heavy atom. The molecule has 0 saturated carbocycles. The van der Waals surface area contributed by atoms with Gasteiger partial charge in [-0.2, -0.15) is 0 Å². The summed E-state index contributed by atoms with van der Waals surface area (Å²) in [5, 5.41) is 14.3. The molecule has 0 spiro atoms. The van der Waals surface area contributed by atoms with Gasteiger partial charge in [0, 0.05) is 16.8 Å². The molecule has 0 unspecified atom stereocenters. The van der Waals surface area contributed by atoms with Gasteiger partial charge in [0.2, 0.25) is 0 Å². The van der Waals surface area contributed by atoms with E-state index in [0.717, 1.165) is 11.4 Å². The van der Waals surface area contributed by atoms with Crippen molar-refractivity contribution in [3.05, 3.63) is 65.0 Å². The van der Waals surface area contributed by atoms with Crippen LogP contribution in [0, 0.1) is 6.92 Å². The molecule has 6 nitrogen and oxygen atoms in total. The van der Waals surface area contributed by atoms with Gasteiger partial charge >= 0.3 is 0 Å². The first-order chi connectivity index (χ1) is 10.1.